The third kappa shape index (κ3) is 2.48. The average Bonchev–Trinajstić information content (AvgIpc) is 2.41. The Bertz CT molecular complexity index is 651. The van der Waals surface area contributed by atoms with Gasteiger partial charge < -0.3 is 9.84 Å². The van der Waals surface area contributed by atoms with Crippen molar-refractivity contribution < 1.29 is 9.84 Å². The van der Waals surface area contributed by atoms with Crippen LogP contribution >= 0.6 is 15.9 Å². The summed E-state index contributed by atoms with van der Waals surface area (Å²) >= 11 is 3.45. The molecule has 0 bridgehead atoms. The van der Waals surface area contributed by atoms with E-state index in [1.165, 1.54) is 11.1 Å². The van der Waals surface area contributed by atoms with Crippen molar-refractivity contribution in [2.24, 2.45) is 0 Å². The summed E-state index contributed by atoms with van der Waals surface area (Å²) in [5, 5.41) is 10.3. The zero-order valence-corrected chi connectivity index (χ0v) is 13.1. The quantitative estimate of drug-likeness (QED) is 0.825. The molecule has 2 nitrogen and oxygen atoms in total. The summed E-state index contributed by atoms with van der Waals surface area (Å²) in [6.45, 7) is 4.20. The predicted octanol–water partition coefficient (Wildman–Crippen LogP) is 4.62. The molecule has 0 radical (unpaired) electrons. The predicted molar refractivity (Wildman–Crippen MR) is 83.0 cm³/mol. The Morgan fingerprint density at radius 2 is 1.90 bits per heavy atom. The van der Waals surface area contributed by atoms with Crippen LogP contribution in [0.15, 0.2) is 40.9 Å². The molecule has 0 fully saturated rings. The minimum absolute atomic E-state index is 0.0916. The number of aryl methyl sites for hydroxylation is 2. The SMILES string of the molecule is Cc1ccc(C2CC(O)c3ccc(Br)cc3O2)cc1C. The number of fused-ring (bicyclic) bond motifs is 1. The second-order valence-electron chi connectivity index (χ2n) is 5.38. The largest absolute Gasteiger partial charge is 0.485 e. The number of hydrogen-bond acceptors (Lipinski definition) is 2. The molecule has 0 aromatic heterocycles. The van der Waals surface area contributed by atoms with Gasteiger partial charge in [0.15, 0.2) is 0 Å². The third-order valence-corrected chi connectivity index (χ3v) is 4.44. The van der Waals surface area contributed by atoms with Crippen LogP contribution in [0.2, 0.25) is 0 Å². The third-order valence-electron chi connectivity index (χ3n) is 3.94. The maximum atomic E-state index is 10.3. The van der Waals surface area contributed by atoms with Crippen LogP contribution in [0.1, 0.15) is 40.9 Å². The highest BCUT2D eigenvalue weighted by Crippen LogP contribution is 2.42. The highest BCUT2D eigenvalue weighted by atomic mass is 79.9. The number of aliphatic hydroxyl groups is 1. The summed E-state index contributed by atoms with van der Waals surface area (Å²) in [4.78, 5) is 0. The standard InChI is InChI=1S/C17H17BrO2/c1-10-3-4-12(7-11(10)2)16-9-15(19)14-6-5-13(18)8-17(14)20-16/h3-8,15-16,19H,9H2,1-2H3. The van der Waals surface area contributed by atoms with Crippen LogP contribution in [0.3, 0.4) is 0 Å². The van der Waals surface area contributed by atoms with Crippen molar-refractivity contribution in [1.82, 2.24) is 0 Å². The summed E-state index contributed by atoms with van der Waals surface area (Å²) < 4.78 is 7.04. The van der Waals surface area contributed by atoms with E-state index in [1.807, 2.05) is 18.2 Å². The van der Waals surface area contributed by atoms with E-state index in [2.05, 4.69) is 48.0 Å². The van der Waals surface area contributed by atoms with E-state index in [1.54, 1.807) is 0 Å². The lowest BCUT2D eigenvalue weighted by Crippen LogP contribution is -2.19. The first-order valence-corrected chi connectivity index (χ1v) is 7.55. The molecule has 1 heterocycles. The minimum Gasteiger partial charge on any atom is -0.485 e. The van der Waals surface area contributed by atoms with Gasteiger partial charge in [0.25, 0.3) is 0 Å². The van der Waals surface area contributed by atoms with Crippen molar-refractivity contribution >= 4 is 15.9 Å². The van der Waals surface area contributed by atoms with Gasteiger partial charge in [-0.2, -0.15) is 0 Å². The molecule has 1 aliphatic rings. The fraction of sp³-hybridized carbons (Fsp3) is 0.294. The summed E-state index contributed by atoms with van der Waals surface area (Å²) in [5.74, 6) is 0.765. The van der Waals surface area contributed by atoms with Gasteiger partial charge in [0.1, 0.15) is 11.9 Å². The lowest BCUT2D eigenvalue weighted by Gasteiger charge is -2.30. The Morgan fingerprint density at radius 1 is 1.10 bits per heavy atom. The van der Waals surface area contributed by atoms with Crippen LogP contribution in [0.25, 0.3) is 0 Å². The van der Waals surface area contributed by atoms with Gasteiger partial charge in [-0.1, -0.05) is 40.2 Å². The molecule has 0 spiro atoms. The Labute approximate surface area is 127 Å². The Hall–Kier alpha value is -1.32. The molecule has 3 heteroatoms. The van der Waals surface area contributed by atoms with Crippen molar-refractivity contribution in [3.05, 3.63) is 63.1 Å². The first-order valence-electron chi connectivity index (χ1n) is 6.76. The van der Waals surface area contributed by atoms with E-state index in [0.717, 1.165) is 21.3 Å². The van der Waals surface area contributed by atoms with E-state index in [4.69, 9.17) is 4.74 Å². The number of benzene rings is 2. The normalized spacial score (nSPS) is 21.2. The maximum Gasteiger partial charge on any atom is 0.127 e. The fourth-order valence-electron chi connectivity index (χ4n) is 2.59. The second kappa shape index (κ2) is 5.23. The maximum absolute atomic E-state index is 10.3. The van der Waals surface area contributed by atoms with Crippen molar-refractivity contribution in [3.63, 3.8) is 0 Å². The second-order valence-corrected chi connectivity index (χ2v) is 6.30. The van der Waals surface area contributed by atoms with Crippen LogP contribution in [-0.4, -0.2) is 5.11 Å². The van der Waals surface area contributed by atoms with Crippen molar-refractivity contribution in [1.29, 1.82) is 0 Å². The summed E-state index contributed by atoms with van der Waals surface area (Å²) in [5.41, 5.74) is 4.51. The molecule has 2 aromatic rings. The molecule has 0 amide bonds. The van der Waals surface area contributed by atoms with E-state index in [0.29, 0.717) is 6.42 Å². The summed E-state index contributed by atoms with van der Waals surface area (Å²) in [6.07, 6.45) is 0.0292. The van der Waals surface area contributed by atoms with E-state index >= 15 is 0 Å². The van der Waals surface area contributed by atoms with Crippen LogP contribution < -0.4 is 4.74 Å². The van der Waals surface area contributed by atoms with Crippen molar-refractivity contribution in [3.8, 4) is 5.75 Å². The highest BCUT2D eigenvalue weighted by molar-refractivity contribution is 9.10. The van der Waals surface area contributed by atoms with Crippen LogP contribution in [0.5, 0.6) is 5.75 Å². The zero-order chi connectivity index (χ0) is 14.3. The monoisotopic (exact) mass is 332 g/mol. The van der Waals surface area contributed by atoms with E-state index in [-0.39, 0.29) is 6.10 Å². The molecule has 1 N–H and O–H groups in total. The average molecular weight is 333 g/mol. The van der Waals surface area contributed by atoms with Crippen molar-refractivity contribution in [2.45, 2.75) is 32.5 Å². The molecular weight excluding hydrogens is 316 g/mol. The smallest absolute Gasteiger partial charge is 0.127 e. The molecule has 20 heavy (non-hydrogen) atoms. The lowest BCUT2D eigenvalue weighted by atomic mass is 9.93. The van der Waals surface area contributed by atoms with E-state index in [9.17, 15) is 5.11 Å². The number of hydrogen-bond donors (Lipinski definition) is 1. The molecule has 3 rings (SSSR count). The molecule has 2 aromatic carbocycles. The van der Waals surface area contributed by atoms with Crippen LogP contribution in [0.4, 0.5) is 0 Å². The van der Waals surface area contributed by atoms with Gasteiger partial charge in [0.2, 0.25) is 0 Å². The van der Waals surface area contributed by atoms with Gasteiger partial charge in [-0.05, 0) is 42.7 Å². The number of aliphatic hydroxyl groups excluding tert-OH is 1. The van der Waals surface area contributed by atoms with Gasteiger partial charge in [0, 0.05) is 16.5 Å². The number of ether oxygens (including phenoxy) is 1. The summed E-state index contributed by atoms with van der Waals surface area (Å²) in [6, 6.07) is 12.1. The topological polar surface area (TPSA) is 29.5 Å². The molecule has 104 valence electrons. The fourth-order valence-corrected chi connectivity index (χ4v) is 2.93. The molecule has 2 atom stereocenters. The zero-order valence-electron chi connectivity index (χ0n) is 11.6. The number of halogens is 1. The highest BCUT2D eigenvalue weighted by Gasteiger charge is 2.28. The molecule has 2 unspecified atom stereocenters. The Balaban J connectivity index is 1.96. The molecule has 0 saturated carbocycles. The van der Waals surface area contributed by atoms with Gasteiger partial charge in [-0.25, -0.2) is 0 Å². The van der Waals surface area contributed by atoms with Gasteiger partial charge in [-0.3, -0.25) is 0 Å². The Kier molecular flexibility index (Phi) is 3.57. The van der Waals surface area contributed by atoms with Gasteiger partial charge >= 0.3 is 0 Å². The minimum atomic E-state index is -0.474. The Morgan fingerprint density at radius 3 is 2.65 bits per heavy atom. The molecular formula is C17H17BrO2. The summed E-state index contributed by atoms with van der Waals surface area (Å²) in [7, 11) is 0. The van der Waals surface area contributed by atoms with Crippen molar-refractivity contribution in [2.75, 3.05) is 0 Å². The van der Waals surface area contributed by atoms with Crippen LogP contribution in [-0.2, 0) is 0 Å². The van der Waals surface area contributed by atoms with E-state index < -0.39 is 6.10 Å². The van der Waals surface area contributed by atoms with Crippen LogP contribution in [0, 0.1) is 13.8 Å². The first kappa shape index (κ1) is 13.7. The van der Waals surface area contributed by atoms with Gasteiger partial charge in [0.05, 0.1) is 6.10 Å². The molecule has 0 saturated heterocycles. The van der Waals surface area contributed by atoms with Gasteiger partial charge in [-0.15, -0.1) is 0 Å². The molecule has 1 aliphatic heterocycles. The molecule has 0 aliphatic carbocycles. The lowest BCUT2D eigenvalue weighted by molar-refractivity contribution is 0.0656. The first-order chi connectivity index (χ1) is 9.54. The number of rotatable bonds is 1.